The Hall–Kier alpha value is -2.21. The molecule has 0 saturated heterocycles. The van der Waals surface area contributed by atoms with E-state index in [1.54, 1.807) is 16.0 Å². The van der Waals surface area contributed by atoms with E-state index in [0.717, 1.165) is 30.4 Å². The quantitative estimate of drug-likeness (QED) is 0.592. The number of carbonyl (C=O) groups is 1. The Labute approximate surface area is 158 Å². The first-order valence-corrected chi connectivity index (χ1v) is 10.00. The maximum Gasteiger partial charge on any atom is 0.244 e. The molecule has 0 atom stereocenters. The fourth-order valence-electron chi connectivity index (χ4n) is 2.77. The molecule has 0 N–H and O–H groups in total. The molecule has 5 nitrogen and oxygen atoms in total. The molecule has 2 aromatic heterocycles. The van der Waals surface area contributed by atoms with Crippen molar-refractivity contribution in [2.45, 2.75) is 46.7 Å². The van der Waals surface area contributed by atoms with Crippen LogP contribution in [0.2, 0.25) is 0 Å². The summed E-state index contributed by atoms with van der Waals surface area (Å²) in [6, 6.07) is 9.82. The highest BCUT2D eigenvalue weighted by molar-refractivity contribution is 7.07. The molecule has 0 fully saturated rings. The van der Waals surface area contributed by atoms with Crippen LogP contribution in [-0.2, 0) is 17.9 Å². The third-order valence-electron chi connectivity index (χ3n) is 5.03. The summed E-state index contributed by atoms with van der Waals surface area (Å²) in [6.07, 6.45) is 2.08. The number of amides is 1. The smallest absolute Gasteiger partial charge is 0.244 e. The lowest BCUT2D eigenvalue weighted by Gasteiger charge is -2.28. The van der Waals surface area contributed by atoms with Gasteiger partial charge >= 0.3 is 0 Å². The van der Waals surface area contributed by atoms with Crippen LogP contribution >= 0.6 is 11.3 Å². The van der Waals surface area contributed by atoms with E-state index < -0.39 is 0 Å². The molecule has 26 heavy (non-hydrogen) atoms. The largest absolute Gasteiger partial charge is 0.337 e. The first kappa shape index (κ1) is 18.6. The van der Waals surface area contributed by atoms with Crippen molar-refractivity contribution in [1.82, 2.24) is 19.9 Å². The van der Waals surface area contributed by atoms with E-state index in [9.17, 15) is 4.79 Å². The molecule has 0 aliphatic carbocycles. The van der Waals surface area contributed by atoms with Gasteiger partial charge in [-0.3, -0.25) is 4.79 Å². The summed E-state index contributed by atoms with van der Waals surface area (Å²) in [4.78, 5) is 15.0. The van der Waals surface area contributed by atoms with Crippen LogP contribution in [0.1, 0.15) is 39.2 Å². The number of nitrogens with zero attached hydrogens (tertiary/aromatic N) is 4. The van der Waals surface area contributed by atoms with E-state index in [0.29, 0.717) is 6.54 Å². The Morgan fingerprint density at radius 2 is 2.08 bits per heavy atom. The average molecular weight is 371 g/mol. The fraction of sp³-hybridized carbons (Fsp3) is 0.450. The monoisotopic (exact) mass is 370 g/mol. The van der Waals surface area contributed by atoms with Gasteiger partial charge in [0, 0.05) is 13.1 Å². The minimum Gasteiger partial charge on any atom is -0.337 e. The lowest BCUT2D eigenvalue weighted by atomic mass is 9.86. The van der Waals surface area contributed by atoms with Crippen LogP contribution < -0.4 is 0 Å². The van der Waals surface area contributed by atoms with Crippen molar-refractivity contribution in [2.24, 2.45) is 5.41 Å². The maximum absolute atomic E-state index is 13.0. The summed E-state index contributed by atoms with van der Waals surface area (Å²) in [5.74, 6) is 0.0822. The topological polar surface area (TPSA) is 51.0 Å². The minimum atomic E-state index is 0.0822. The summed E-state index contributed by atoms with van der Waals surface area (Å²) in [7, 11) is 0. The van der Waals surface area contributed by atoms with Crippen LogP contribution in [-0.4, -0.2) is 32.3 Å². The number of hydrogen-bond acceptors (Lipinski definition) is 4. The van der Waals surface area contributed by atoms with E-state index in [2.05, 4.69) is 47.9 Å². The van der Waals surface area contributed by atoms with Gasteiger partial charge in [-0.2, -0.15) is 11.3 Å². The van der Waals surface area contributed by atoms with E-state index >= 15 is 0 Å². The summed E-state index contributed by atoms with van der Waals surface area (Å²) < 4.78 is 1.70. The molecule has 3 rings (SSSR count). The van der Waals surface area contributed by atoms with E-state index in [1.807, 2.05) is 29.2 Å². The highest BCUT2D eigenvalue weighted by atomic mass is 32.1. The first-order chi connectivity index (χ1) is 12.5. The molecule has 0 spiro atoms. The Bertz CT molecular complexity index is 854. The highest BCUT2D eigenvalue weighted by Crippen LogP contribution is 2.25. The molecule has 0 bridgehead atoms. The van der Waals surface area contributed by atoms with Crippen LogP contribution in [0.15, 0.2) is 41.1 Å². The average Bonchev–Trinajstić information content (AvgIpc) is 3.29. The van der Waals surface area contributed by atoms with Crippen molar-refractivity contribution in [3.8, 4) is 0 Å². The molecular formula is C20H26N4OS. The molecule has 0 saturated carbocycles. The van der Waals surface area contributed by atoms with Gasteiger partial charge in [-0.1, -0.05) is 44.5 Å². The number of para-hydroxylation sites is 1. The molecule has 1 amide bonds. The molecule has 6 heteroatoms. The number of fused-ring (bicyclic) bond motifs is 1. The number of hydrogen-bond donors (Lipinski definition) is 0. The molecule has 0 radical (unpaired) electrons. The van der Waals surface area contributed by atoms with E-state index in [1.165, 1.54) is 5.56 Å². The number of aromatic nitrogens is 3. The predicted molar refractivity (Wildman–Crippen MR) is 106 cm³/mol. The van der Waals surface area contributed by atoms with Gasteiger partial charge < -0.3 is 4.90 Å². The second kappa shape index (κ2) is 7.99. The highest BCUT2D eigenvalue weighted by Gasteiger charge is 2.21. The van der Waals surface area contributed by atoms with Crippen LogP contribution in [0.25, 0.3) is 11.0 Å². The number of benzene rings is 1. The lowest BCUT2D eigenvalue weighted by molar-refractivity contribution is -0.133. The van der Waals surface area contributed by atoms with Gasteiger partial charge in [-0.05, 0) is 46.4 Å². The van der Waals surface area contributed by atoms with Crippen LogP contribution in [0.3, 0.4) is 0 Å². The van der Waals surface area contributed by atoms with Crippen molar-refractivity contribution in [3.63, 3.8) is 0 Å². The summed E-state index contributed by atoms with van der Waals surface area (Å²) >= 11 is 1.66. The zero-order valence-corrected chi connectivity index (χ0v) is 16.5. The lowest BCUT2D eigenvalue weighted by Crippen LogP contribution is -2.36. The fourth-order valence-corrected chi connectivity index (χ4v) is 3.43. The van der Waals surface area contributed by atoms with E-state index in [-0.39, 0.29) is 17.9 Å². The number of rotatable bonds is 8. The third-order valence-corrected chi connectivity index (χ3v) is 5.76. The molecule has 1 aromatic carbocycles. The Morgan fingerprint density at radius 3 is 2.81 bits per heavy atom. The molecule has 2 heterocycles. The van der Waals surface area contributed by atoms with Gasteiger partial charge in [-0.15, -0.1) is 5.10 Å². The second-order valence-corrected chi connectivity index (χ2v) is 8.23. The van der Waals surface area contributed by atoms with Crippen LogP contribution in [0.4, 0.5) is 0 Å². The van der Waals surface area contributed by atoms with Crippen molar-refractivity contribution < 1.29 is 4.79 Å². The summed E-state index contributed by atoms with van der Waals surface area (Å²) in [5.41, 5.74) is 3.12. The standard InChI is InChI=1S/C20H26N4OS/c1-4-20(2,3)10-11-23(13-16-9-12-26-15-16)19(25)14-24-18-8-6-5-7-17(18)21-22-24/h5-9,12,15H,4,10-11,13-14H2,1-3H3. The normalized spacial score (nSPS) is 11.8. The minimum absolute atomic E-state index is 0.0822. The van der Waals surface area contributed by atoms with Gasteiger partial charge in [0.05, 0.1) is 5.52 Å². The maximum atomic E-state index is 13.0. The van der Waals surface area contributed by atoms with Crippen molar-refractivity contribution in [1.29, 1.82) is 0 Å². The van der Waals surface area contributed by atoms with Gasteiger partial charge in [0.15, 0.2) is 0 Å². The molecule has 0 aliphatic rings. The van der Waals surface area contributed by atoms with Crippen LogP contribution in [0.5, 0.6) is 0 Å². The number of carbonyl (C=O) groups excluding carboxylic acids is 1. The Morgan fingerprint density at radius 1 is 1.27 bits per heavy atom. The predicted octanol–water partition coefficient (Wildman–Crippen LogP) is 4.35. The zero-order chi connectivity index (χ0) is 18.6. The van der Waals surface area contributed by atoms with Gasteiger partial charge in [0.1, 0.15) is 12.1 Å². The zero-order valence-electron chi connectivity index (χ0n) is 15.7. The number of thiophene rings is 1. The molecule has 0 unspecified atom stereocenters. The summed E-state index contributed by atoms with van der Waals surface area (Å²) in [6.45, 7) is 8.33. The Balaban J connectivity index is 1.75. The van der Waals surface area contributed by atoms with E-state index in [4.69, 9.17) is 0 Å². The van der Waals surface area contributed by atoms with Crippen molar-refractivity contribution in [2.75, 3.05) is 6.54 Å². The van der Waals surface area contributed by atoms with Gasteiger partial charge in [0.25, 0.3) is 0 Å². The second-order valence-electron chi connectivity index (χ2n) is 7.45. The van der Waals surface area contributed by atoms with Crippen molar-refractivity contribution >= 4 is 28.3 Å². The van der Waals surface area contributed by atoms with Gasteiger partial charge in [0.2, 0.25) is 5.91 Å². The molecular weight excluding hydrogens is 344 g/mol. The SMILES string of the molecule is CCC(C)(C)CCN(Cc1ccsc1)C(=O)Cn1nnc2ccccc21. The first-order valence-electron chi connectivity index (χ1n) is 9.05. The molecule has 0 aliphatic heterocycles. The molecule has 138 valence electrons. The Kier molecular flexibility index (Phi) is 5.71. The molecule has 3 aromatic rings. The van der Waals surface area contributed by atoms with Crippen LogP contribution in [0, 0.1) is 5.41 Å². The van der Waals surface area contributed by atoms with Gasteiger partial charge in [-0.25, -0.2) is 4.68 Å². The summed E-state index contributed by atoms with van der Waals surface area (Å²) in [5, 5.41) is 12.5. The third kappa shape index (κ3) is 4.49. The van der Waals surface area contributed by atoms with Crippen molar-refractivity contribution in [3.05, 3.63) is 46.7 Å².